The van der Waals surface area contributed by atoms with Gasteiger partial charge in [0.1, 0.15) is 5.58 Å². The maximum Gasteiger partial charge on any atom is 0.242 e. The molecule has 3 heterocycles. The van der Waals surface area contributed by atoms with Crippen LogP contribution < -0.4 is 14.9 Å². The van der Waals surface area contributed by atoms with Gasteiger partial charge in [0.05, 0.1) is 36.4 Å². The Hall–Kier alpha value is -3.56. The van der Waals surface area contributed by atoms with E-state index >= 15 is 0 Å². The van der Waals surface area contributed by atoms with Crippen LogP contribution in [0.15, 0.2) is 51.9 Å². The Morgan fingerprint density at radius 2 is 1.87 bits per heavy atom. The Labute approximate surface area is 224 Å². The number of benzene rings is 2. The summed E-state index contributed by atoms with van der Waals surface area (Å²) in [6.45, 7) is 2.98. The van der Waals surface area contributed by atoms with E-state index in [4.69, 9.17) is 30.2 Å². The molecule has 10 heteroatoms. The normalized spacial score (nSPS) is 16.1. The lowest BCUT2D eigenvalue weighted by Crippen LogP contribution is -2.45. The first-order valence-corrected chi connectivity index (χ1v) is 13.0. The SMILES string of the molecule is CCC(=O)N(CC(=O)N(Cc1ccc2c(c1)OCO2)Cc1coc2ccc(Cl)cc2c1=O)CC1CCCO1. The highest BCUT2D eigenvalue weighted by Gasteiger charge is 2.27. The molecule has 5 rings (SSSR count). The maximum atomic E-state index is 13.7. The van der Waals surface area contributed by atoms with Gasteiger partial charge in [-0.1, -0.05) is 24.6 Å². The van der Waals surface area contributed by atoms with Gasteiger partial charge in [-0.25, -0.2) is 0 Å². The highest BCUT2D eigenvalue weighted by molar-refractivity contribution is 6.31. The van der Waals surface area contributed by atoms with Gasteiger partial charge in [-0.05, 0) is 48.7 Å². The van der Waals surface area contributed by atoms with E-state index in [2.05, 4.69) is 0 Å². The third-order valence-corrected chi connectivity index (χ3v) is 6.99. The molecule has 0 N–H and O–H groups in total. The number of fused-ring (bicyclic) bond motifs is 2. The largest absolute Gasteiger partial charge is 0.464 e. The fourth-order valence-electron chi connectivity index (χ4n) is 4.73. The van der Waals surface area contributed by atoms with Gasteiger partial charge in [-0.3, -0.25) is 14.4 Å². The summed E-state index contributed by atoms with van der Waals surface area (Å²) in [7, 11) is 0. The molecule has 38 heavy (non-hydrogen) atoms. The fraction of sp³-hybridized carbons (Fsp3) is 0.393. The van der Waals surface area contributed by atoms with Gasteiger partial charge in [0.15, 0.2) is 16.9 Å². The molecular weight excluding hydrogens is 512 g/mol. The zero-order chi connectivity index (χ0) is 26.6. The van der Waals surface area contributed by atoms with E-state index in [0.29, 0.717) is 46.2 Å². The molecule has 1 saturated heterocycles. The first kappa shape index (κ1) is 26.1. The number of hydrogen-bond acceptors (Lipinski definition) is 7. The molecule has 1 unspecified atom stereocenters. The smallest absolute Gasteiger partial charge is 0.242 e. The average Bonchev–Trinajstić information content (AvgIpc) is 3.61. The van der Waals surface area contributed by atoms with Crippen molar-refractivity contribution in [3.63, 3.8) is 0 Å². The number of carbonyl (C=O) groups is 2. The first-order chi connectivity index (χ1) is 18.4. The van der Waals surface area contributed by atoms with Crippen LogP contribution in [0.1, 0.15) is 37.3 Å². The second-order valence-corrected chi connectivity index (χ2v) is 9.87. The Bertz CT molecular complexity index is 1400. The van der Waals surface area contributed by atoms with Crippen molar-refractivity contribution in [3.05, 3.63) is 69.0 Å². The van der Waals surface area contributed by atoms with Gasteiger partial charge in [0, 0.05) is 31.1 Å². The second kappa shape index (κ2) is 11.4. The molecule has 0 aliphatic carbocycles. The monoisotopic (exact) mass is 540 g/mol. The van der Waals surface area contributed by atoms with Crippen molar-refractivity contribution in [3.8, 4) is 11.5 Å². The van der Waals surface area contributed by atoms with E-state index in [-0.39, 0.29) is 56.2 Å². The van der Waals surface area contributed by atoms with Gasteiger partial charge in [0.2, 0.25) is 18.6 Å². The van der Waals surface area contributed by atoms with E-state index < -0.39 is 0 Å². The summed E-state index contributed by atoms with van der Waals surface area (Å²) in [6, 6.07) is 10.3. The molecule has 0 bridgehead atoms. The van der Waals surface area contributed by atoms with Crippen LogP contribution in [0.4, 0.5) is 0 Å². The zero-order valence-corrected chi connectivity index (χ0v) is 21.9. The number of halogens is 1. The molecule has 2 amide bonds. The van der Waals surface area contributed by atoms with Crippen LogP contribution in [0, 0.1) is 0 Å². The van der Waals surface area contributed by atoms with E-state index in [1.165, 1.54) is 6.26 Å². The first-order valence-electron chi connectivity index (χ1n) is 12.7. The zero-order valence-electron chi connectivity index (χ0n) is 21.1. The third kappa shape index (κ3) is 5.79. The molecule has 1 aromatic heterocycles. The predicted molar refractivity (Wildman–Crippen MR) is 140 cm³/mol. The van der Waals surface area contributed by atoms with Crippen molar-refractivity contribution in [1.29, 1.82) is 0 Å². The maximum absolute atomic E-state index is 13.7. The van der Waals surface area contributed by atoms with Crippen LogP contribution in [-0.2, 0) is 27.4 Å². The van der Waals surface area contributed by atoms with Crippen LogP contribution in [0.5, 0.6) is 11.5 Å². The molecule has 2 aliphatic rings. The number of nitrogens with zero attached hydrogens (tertiary/aromatic N) is 2. The van der Waals surface area contributed by atoms with Gasteiger partial charge in [-0.15, -0.1) is 0 Å². The molecule has 3 aromatic rings. The van der Waals surface area contributed by atoms with Gasteiger partial charge in [0.25, 0.3) is 0 Å². The number of carbonyl (C=O) groups excluding carboxylic acids is 2. The minimum absolute atomic E-state index is 0.00779. The van der Waals surface area contributed by atoms with E-state index in [1.807, 2.05) is 12.1 Å². The van der Waals surface area contributed by atoms with E-state index in [1.54, 1.807) is 41.0 Å². The molecule has 9 nitrogen and oxygen atoms in total. The Balaban J connectivity index is 1.43. The minimum atomic E-state index is -0.298. The standard InChI is InChI=1S/C28H29ClN2O7/c1-2-26(32)31(14-21-4-3-9-35-21)15-27(33)30(12-18-5-7-24-25(10-18)38-17-37-24)13-19-16-36-23-8-6-20(29)11-22(23)28(19)34/h5-8,10-11,16,21H,2-4,9,12-15,17H2,1H3. The molecule has 1 atom stereocenters. The van der Waals surface area contributed by atoms with Crippen molar-refractivity contribution < 1.29 is 28.2 Å². The van der Waals surface area contributed by atoms with Crippen LogP contribution in [0.2, 0.25) is 5.02 Å². The summed E-state index contributed by atoms with van der Waals surface area (Å²) < 4.78 is 22.3. The van der Waals surface area contributed by atoms with E-state index in [0.717, 1.165) is 18.4 Å². The summed E-state index contributed by atoms with van der Waals surface area (Å²) in [5.41, 5.74) is 1.25. The molecule has 1 fully saturated rings. The Kier molecular flexibility index (Phi) is 7.85. The van der Waals surface area contributed by atoms with Crippen molar-refractivity contribution in [2.24, 2.45) is 0 Å². The van der Waals surface area contributed by atoms with Gasteiger partial charge < -0.3 is 28.4 Å². The minimum Gasteiger partial charge on any atom is -0.464 e. The molecule has 0 spiro atoms. The molecular formula is C28H29ClN2O7. The molecule has 2 aromatic carbocycles. The summed E-state index contributed by atoms with van der Waals surface area (Å²) in [6.07, 6.45) is 3.35. The number of hydrogen-bond donors (Lipinski definition) is 0. The number of ether oxygens (including phenoxy) is 3. The summed E-state index contributed by atoms with van der Waals surface area (Å²) in [5, 5.41) is 0.754. The quantitative estimate of drug-likeness (QED) is 0.402. The lowest BCUT2D eigenvalue weighted by Gasteiger charge is -2.29. The number of rotatable bonds is 9. The molecule has 200 valence electrons. The molecule has 2 aliphatic heterocycles. The molecule has 0 radical (unpaired) electrons. The fourth-order valence-corrected chi connectivity index (χ4v) is 4.90. The van der Waals surface area contributed by atoms with Crippen LogP contribution in [0.25, 0.3) is 11.0 Å². The third-order valence-electron chi connectivity index (χ3n) is 6.76. The average molecular weight is 541 g/mol. The lowest BCUT2D eigenvalue weighted by atomic mass is 10.1. The van der Waals surface area contributed by atoms with Crippen molar-refractivity contribution in [1.82, 2.24) is 9.80 Å². The highest BCUT2D eigenvalue weighted by atomic mass is 35.5. The van der Waals surface area contributed by atoms with Crippen molar-refractivity contribution in [2.45, 2.75) is 45.4 Å². The predicted octanol–water partition coefficient (Wildman–Crippen LogP) is 4.12. The van der Waals surface area contributed by atoms with Crippen LogP contribution in [0.3, 0.4) is 0 Å². The highest BCUT2D eigenvalue weighted by Crippen LogP contribution is 2.33. The summed E-state index contributed by atoms with van der Waals surface area (Å²) in [5.74, 6) is 0.802. The van der Waals surface area contributed by atoms with Gasteiger partial charge in [-0.2, -0.15) is 0 Å². The number of amides is 2. The van der Waals surface area contributed by atoms with E-state index in [9.17, 15) is 14.4 Å². The Morgan fingerprint density at radius 1 is 1.03 bits per heavy atom. The Morgan fingerprint density at radius 3 is 2.66 bits per heavy atom. The molecule has 0 saturated carbocycles. The second-order valence-electron chi connectivity index (χ2n) is 9.43. The van der Waals surface area contributed by atoms with Crippen LogP contribution >= 0.6 is 11.6 Å². The van der Waals surface area contributed by atoms with Crippen molar-refractivity contribution >= 4 is 34.4 Å². The van der Waals surface area contributed by atoms with Crippen molar-refractivity contribution in [2.75, 3.05) is 26.5 Å². The summed E-state index contributed by atoms with van der Waals surface area (Å²) >= 11 is 6.11. The lowest BCUT2D eigenvalue weighted by molar-refractivity contribution is -0.142. The van der Waals surface area contributed by atoms with Crippen LogP contribution in [-0.4, -0.2) is 54.2 Å². The van der Waals surface area contributed by atoms with Gasteiger partial charge >= 0.3 is 0 Å². The summed E-state index contributed by atoms with van der Waals surface area (Å²) in [4.78, 5) is 42.8. The topological polar surface area (TPSA) is 98.5 Å².